The van der Waals surface area contributed by atoms with Crippen LogP contribution in [0.5, 0.6) is 0 Å². The summed E-state index contributed by atoms with van der Waals surface area (Å²) in [6.07, 6.45) is 29.5. The number of hydrogen-bond acceptors (Lipinski definition) is 2. The summed E-state index contributed by atoms with van der Waals surface area (Å²) >= 11 is 0. The Morgan fingerprint density at radius 1 is 0.690 bits per heavy atom. The molecule has 6 aliphatic carbocycles. The molecule has 0 aromatic carbocycles. The Morgan fingerprint density at radius 2 is 1.52 bits per heavy atom. The maximum atomic E-state index is 5.53. The lowest BCUT2D eigenvalue weighted by molar-refractivity contribution is 0.171. The van der Waals surface area contributed by atoms with Crippen LogP contribution < -0.4 is 0 Å². The van der Waals surface area contributed by atoms with Crippen LogP contribution in [0, 0.1) is 41.4 Å². The Labute approximate surface area is 176 Å². The second-order valence-electron chi connectivity index (χ2n) is 10.7. The van der Waals surface area contributed by atoms with Gasteiger partial charge < -0.3 is 9.47 Å². The number of allylic oxidation sites excluding steroid dienone is 7. The predicted molar refractivity (Wildman–Crippen MR) is 116 cm³/mol. The molecular weight excluding hydrogens is 356 g/mol. The molecule has 2 nitrogen and oxygen atoms in total. The number of ether oxygens (including phenoxy) is 2. The summed E-state index contributed by atoms with van der Waals surface area (Å²) in [4.78, 5) is 0. The van der Waals surface area contributed by atoms with E-state index in [4.69, 9.17) is 9.47 Å². The van der Waals surface area contributed by atoms with Gasteiger partial charge in [-0.05, 0) is 92.8 Å². The van der Waals surface area contributed by atoms with E-state index in [0.717, 1.165) is 41.4 Å². The van der Waals surface area contributed by atoms with E-state index < -0.39 is 0 Å². The van der Waals surface area contributed by atoms with Crippen LogP contribution in [0.2, 0.25) is 0 Å². The molecule has 3 saturated carbocycles. The van der Waals surface area contributed by atoms with Crippen LogP contribution in [0.1, 0.15) is 51.4 Å². The van der Waals surface area contributed by atoms with Crippen molar-refractivity contribution in [2.24, 2.45) is 41.4 Å². The first-order valence-corrected chi connectivity index (χ1v) is 12.2. The predicted octanol–water partition coefficient (Wildman–Crippen LogP) is 5.86. The van der Waals surface area contributed by atoms with Gasteiger partial charge in [0.1, 0.15) is 0 Å². The smallest absolute Gasteiger partial charge is 0.0873 e. The van der Waals surface area contributed by atoms with Gasteiger partial charge in [0.05, 0.1) is 24.4 Å². The summed E-state index contributed by atoms with van der Waals surface area (Å²) in [6.45, 7) is 3.83. The van der Waals surface area contributed by atoms with Gasteiger partial charge in [0.2, 0.25) is 0 Å². The molecule has 8 rings (SSSR count). The SMILES string of the molecule is C1=CCC2CC=CC2C1.C1C2CC3OC3C2CC2OC12.C=CC1CC2C=CC1C2. The molecule has 2 saturated heterocycles. The van der Waals surface area contributed by atoms with Gasteiger partial charge in [-0.25, -0.2) is 0 Å². The van der Waals surface area contributed by atoms with E-state index in [2.05, 4.69) is 49.1 Å². The molecule has 8 aliphatic rings. The lowest BCUT2D eigenvalue weighted by Gasteiger charge is -2.23. The highest BCUT2D eigenvalue weighted by atomic mass is 16.6. The van der Waals surface area contributed by atoms with Gasteiger partial charge in [-0.2, -0.15) is 0 Å². The first-order valence-electron chi connectivity index (χ1n) is 12.2. The molecule has 11 atom stereocenters. The lowest BCUT2D eigenvalue weighted by Crippen LogP contribution is -2.24. The van der Waals surface area contributed by atoms with Crippen molar-refractivity contribution >= 4 is 0 Å². The standard InChI is InChI=1S/C9H12O2.2C9H12/c1-4-2-8-9(11-8)5(4)3-7-6(1)10-7;1-2-8-5-7-3-4-9(8)6-7;1-2-5-9-7-3-6-8(9)4-1/h4-9H,1-3H2;2-4,7-9H,1,5-6H2;1-3,6,8-9H,4-5,7H2. The zero-order valence-electron chi connectivity index (χ0n) is 17.6. The van der Waals surface area contributed by atoms with Gasteiger partial charge in [-0.3, -0.25) is 0 Å². The molecule has 2 bridgehead atoms. The monoisotopic (exact) mass is 392 g/mol. The third-order valence-corrected chi connectivity index (χ3v) is 8.99. The molecule has 5 fully saturated rings. The third kappa shape index (κ3) is 3.72. The number of epoxide rings is 2. The third-order valence-electron chi connectivity index (χ3n) is 8.99. The molecule has 0 aromatic rings. The molecule has 11 unspecified atom stereocenters. The van der Waals surface area contributed by atoms with E-state index in [1.165, 1.54) is 51.4 Å². The molecule has 2 heteroatoms. The molecule has 0 N–H and O–H groups in total. The highest BCUT2D eigenvalue weighted by Gasteiger charge is 2.61. The summed E-state index contributed by atoms with van der Waals surface area (Å²) in [5, 5.41) is 0. The molecular formula is C27H36O2. The molecule has 0 radical (unpaired) electrons. The Kier molecular flexibility index (Phi) is 4.84. The average molecular weight is 393 g/mol. The minimum Gasteiger partial charge on any atom is -0.370 e. The minimum absolute atomic E-state index is 0.638. The Morgan fingerprint density at radius 3 is 2.28 bits per heavy atom. The lowest BCUT2D eigenvalue weighted by atomic mass is 9.81. The number of hydrogen-bond donors (Lipinski definition) is 0. The molecule has 0 amide bonds. The fourth-order valence-corrected chi connectivity index (χ4v) is 7.14. The van der Waals surface area contributed by atoms with E-state index >= 15 is 0 Å². The highest BCUT2D eigenvalue weighted by Crippen LogP contribution is 2.56. The normalized spacial score (nSPS) is 52.9. The van der Waals surface area contributed by atoms with E-state index in [9.17, 15) is 0 Å². The van der Waals surface area contributed by atoms with Gasteiger partial charge in [0, 0.05) is 0 Å². The number of fused-ring (bicyclic) bond motifs is 7. The van der Waals surface area contributed by atoms with Gasteiger partial charge in [-0.1, -0.05) is 42.5 Å². The van der Waals surface area contributed by atoms with E-state index in [1.807, 2.05) is 0 Å². The first kappa shape index (κ1) is 18.6. The van der Waals surface area contributed by atoms with Crippen molar-refractivity contribution in [1.29, 1.82) is 0 Å². The summed E-state index contributed by atoms with van der Waals surface area (Å²) in [5.74, 6) is 6.27. The Balaban J connectivity index is 0.0000000863. The minimum atomic E-state index is 0.638. The van der Waals surface area contributed by atoms with E-state index in [0.29, 0.717) is 24.4 Å². The summed E-state index contributed by atoms with van der Waals surface area (Å²) in [7, 11) is 0. The van der Waals surface area contributed by atoms with Crippen molar-refractivity contribution in [2.75, 3.05) is 0 Å². The topological polar surface area (TPSA) is 25.1 Å². The van der Waals surface area contributed by atoms with Gasteiger partial charge in [0.15, 0.2) is 0 Å². The van der Waals surface area contributed by atoms with E-state index in [1.54, 1.807) is 0 Å². The molecule has 156 valence electrons. The van der Waals surface area contributed by atoms with Crippen molar-refractivity contribution in [2.45, 2.75) is 75.8 Å². The average Bonchev–Trinajstić information content (AvgIpc) is 3.39. The van der Waals surface area contributed by atoms with Crippen molar-refractivity contribution in [3.05, 3.63) is 49.1 Å². The van der Waals surface area contributed by atoms with Gasteiger partial charge in [-0.15, -0.1) is 6.58 Å². The second-order valence-corrected chi connectivity index (χ2v) is 10.7. The van der Waals surface area contributed by atoms with Crippen molar-refractivity contribution in [1.82, 2.24) is 0 Å². The van der Waals surface area contributed by atoms with Gasteiger partial charge >= 0.3 is 0 Å². The van der Waals surface area contributed by atoms with Crippen LogP contribution in [0.4, 0.5) is 0 Å². The van der Waals surface area contributed by atoms with Crippen LogP contribution in [0.25, 0.3) is 0 Å². The second kappa shape index (κ2) is 7.54. The van der Waals surface area contributed by atoms with Crippen LogP contribution in [-0.4, -0.2) is 24.4 Å². The van der Waals surface area contributed by atoms with Crippen LogP contribution in [0.3, 0.4) is 0 Å². The zero-order chi connectivity index (χ0) is 19.4. The molecule has 2 aliphatic heterocycles. The summed E-state index contributed by atoms with van der Waals surface area (Å²) < 4.78 is 11.1. The first-order chi connectivity index (χ1) is 14.3. The van der Waals surface area contributed by atoms with Crippen molar-refractivity contribution < 1.29 is 9.47 Å². The molecule has 2 heterocycles. The molecule has 0 spiro atoms. The Hall–Kier alpha value is -1.12. The number of rotatable bonds is 1. The molecule has 0 aromatic heterocycles. The fraction of sp³-hybridized carbons (Fsp3) is 0.704. The summed E-state index contributed by atoms with van der Waals surface area (Å²) in [6, 6.07) is 0. The quantitative estimate of drug-likeness (QED) is 0.412. The summed E-state index contributed by atoms with van der Waals surface area (Å²) in [5.41, 5.74) is 0. The van der Waals surface area contributed by atoms with Crippen LogP contribution in [0.15, 0.2) is 49.1 Å². The molecule has 29 heavy (non-hydrogen) atoms. The van der Waals surface area contributed by atoms with Crippen molar-refractivity contribution in [3.8, 4) is 0 Å². The fourth-order valence-electron chi connectivity index (χ4n) is 7.14. The highest BCUT2D eigenvalue weighted by molar-refractivity contribution is 5.13. The maximum Gasteiger partial charge on any atom is 0.0873 e. The van der Waals surface area contributed by atoms with E-state index in [-0.39, 0.29) is 0 Å². The maximum absolute atomic E-state index is 5.53. The zero-order valence-corrected chi connectivity index (χ0v) is 17.6. The van der Waals surface area contributed by atoms with Crippen LogP contribution in [-0.2, 0) is 9.47 Å². The largest absolute Gasteiger partial charge is 0.370 e. The van der Waals surface area contributed by atoms with Crippen molar-refractivity contribution in [3.63, 3.8) is 0 Å². The Bertz CT molecular complexity index is 720. The van der Waals surface area contributed by atoms with Gasteiger partial charge in [0.25, 0.3) is 0 Å². The van der Waals surface area contributed by atoms with Crippen LogP contribution >= 0.6 is 0 Å².